The second kappa shape index (κ2) is 3.65. The molecule has 3 rings (SSSR count). The van der Waals surface area contributed by atoms with Crippen LogP contribution in [0.15, 0.2) is 12.2 Å². The first-order chi connectivity index (χ1) is 6.95. The van der Waals surface area contributed by atoms with Gasteiger partial charge in [-0.1, -0.05) is 12.2 Å². The minimum atomic E-state index is 0.613. The van der Waals surface area contributed by atoms with Gasteiger partial charge in [-0.15, -0.1) is 0 Å². The maximum absolute atomic E-state index is 3.64. The minimum Gasteiger partial charge on any atom is -0.302 e. The Morgan fingerprint density at radius 3 is 2.71 bits per heavy atom. The van der Waals surface area contributed by atoms with Crippen LogP contribution < -0.4 is 10.6 Å². The molecule has 3 atom stereocenters. The number of hydrogen-bond acceptors (Lipinski definition) is 3. The molecule has 0 aromatic heterocycles. The van der Waals surface area contributed by atoms with E-state index in [2.05, 4.69) is 27.7 Å². The van der Waals surface area contributed by atoms with Crippen molar-refractivity contribution in [2.45, 2.75) is 44.1 Å². The Labute approximate surface area is 85.5 Å². The monoisotopic (exact) mass is 193 g/mol. The van der Waals surface area contributed by atoms with Gasteiger partial charge in [-0.2, -0.15) is 0 Å². The summed E-state index contributed by atoms with van der Waals surface area (Å²) in [6.45, 7) is 2.36. The van der Waals surface area contributed by atoms with Crippen molar-refractivity contribution >= 4 is 0 Å². The molecule has 3 aliphatic heterocycles. The average Bonchev–Trinajstić information content (AvgIpc) is 2.44. The molecule has 3 heteroatoms. The standard InChI is InChI=1S/C11H19N3/c1-2-4-10-13-8-6-11-12-7-5-9(3-1)14(10)11/h1,3,9-13H,2,4-8H2. The lowest BCUT2D eigenvalue weighted by molar-refractivity contribution is 0.00113. The van der Waals surface area contributed by atoms with Crippen molar-refractivity contribution in [2.24, 2.45) is 0 Å². The lowest BCUT2D eigenvalue weighted by atomic mass is 10.0. The highest BCUT2D eigenvalue weighted by Crippen LogP contribution is 2.26. The van der Waals surface area contributed by atoms with Gasteiger partial charge >= 0.3 is 0 Å². The van der Waals surface area contributed by atoms with Crippen molar-refractivity contribution in [1.82, 2.24) is 15.5 Å². The third-order valence-electron chi connectivity index (χ3n) is 3.69. The summed E-state index contributed by atoms with van der Waals surface area (Å²) < 4.78 is 0. The van der Waals surface area contributed by atoms with Crippen LogP contribution in [0.25, 0.3) is 0 Å². The van der Waals surface area contributed by atoms with Gasteiger partial charge in [-0.05, 0) is 38.8 Å². The van der Waals surface area contributed by atoms with Crippen LogP contribution in [0.1, 0.15) is 25.7 Å². The lowest BCUT2D eigenvalue weighted by Gasteiger charge is -2.49. The fraction of sp³-hybridized carbons (Fsp3) is 0.818. The Balaban J connectivity index is 1.87. The van der Waals surface area contributed by atoms with E-state index in [1.54, 1.807) is 0 Å². The van der Waals surface area contributed by atoms with Crippen LogP contribution in [0.4, 0.5) is 0 Å². The van der Waals surface area contributed by atoms with Gasteiger partial charge in [0.25, 0.3) is 0 Å². The Morgan fingerprint density at radius 1 is 1.00 bits per heavy atom. The summed E-state index contributed by atoms with van der Waals surface area (Å²) in [4.78, 5) is 2.65. The van der Waals surface area contributed by atoms with Crippen LogP contribution in [-0.2, 0) is 0 Å². The van der Waals surface area contributed by atoms with Crippen LogP contribution >= 0.6 is 0 Å². The van der Waals surface area contributed by atoms with E-state index in [0.29, 0.717) is 18.4 Å². The van der Waals surface area contributed by atoms with Gasteiger partial charge in [0.1, 0.15) is 0 Å². The van der Waals surface area contributed by atoms with Gasteiger partial charge in [0.2, 0.25) is 0 Å². The predicted octanol–water partition coefficient (Wildman–Crippen LogP) is 0.646. The van der Waals surface area contributed by atoms with Crippen molar-refractivity contribution < 1.29 is 0 Å². The molecule has 3 nitrogen and oxygen atoms in total. The van der Waals surface area contributed by atoms with Crippen LogP contribution in [-0.4, -0.2) is 36.4 Å². The second-order valence-corrected chi connectivity index (χ2v) is 4.54. The Morgan fingerprint density at radius 2 is 1.79 bits per heavy atom. The van der Waals surface area contributed by atoms with Crippen LogP contribution in [0.3, 0.4) is 0 Å². The smallest absolute Gasteiger partial charge is 0.0628 e. The topological polar surface area (TPSA) is 27.3 Å². The molecule has 3 aliphatic rings. The normalized spacial score (nSPS) is 43.0. The number of nitrogens with one attached hydrogen (secondary N) is 2. The van der Waals surface area contributed by atoms with Crippen molar-refractivity contribution in [3.8, 4) is 0 Å². The molecule has 0 aromatic carbocycles. The molecule has 14 heavy (non-hydrogen) atoms. The largest absolute Gasteiger partial charge is 0.302 e. The van der Waals surface area contributed by atoms with Crippen LogP contribution in [0, 0.1) is 0 Å². The molecule has 0 spiro atoms. The highest BCUT2D eigenvalue weighted by molar-refractivity contribution is 5.04. The summed E-state index contributed by atoms with van der Waals surface area (Å²) in [5.74, 6) is 0. The first-order valence-electron chi connectivity index (χ1n) is 5.86. The molecule has 0 radical (unpaired) electrons. The summed E-state index contributed by atoms with van der Waals surface area (Å²) in [7, 11) is 0. The molecule has 0 aliphatic carbocycles. The third kappa shape index (κ3) is 1.40. The van der Waals surface area contributed by atoms with Gasteiger partial charge in [0.15, 0.2) is 0 Å². The SMILES string of the molecule is C1=CC2CCNC3CCNC(CC1)N23. The molecule has 0 amide bonds. The first kappa shape index (κ1) is 8.89. The maximum atomic E-state index is 3.64. The van der Waals surface area contributed by atoms with Gasteiger partial charge < -0.3 is 10.6 Å². The van der Waals surface area contributed by atoms with E-state index in [1.165, 1.54) is 38.8 Å². The number of hydrogen-bond donors (Lipinski definition) is 2. The first-order valence-corrected chi connectivity index (χ1v) is 5.86. The van der Waals surface area contributed by atoms with Gasteiger partial charge in [-0.3, -0.25) is 4.90 Å². The zero-order valence-corrected chi connectivity index (χ0v) is 8.58. The Kier molecular flexibility index (Phi) is 2.32. The molecular weight excluding hydrogens is 174 g/mol. The molecule has 2 saturated heterocycles. The number of rotatable bonds is 0. The third-order valence-corrected chi connectivity index (χ3v) is 3.69. The van der Waals surface area contributed by atoms with Crippen LogP contribution in [0.5, 0.6) is 0 Å². The highest BCUT2D eigenvalue weighted by atomic mass is 15.4. The fourth-order valence-corrected chi connectivity index (χ4v) is 3.03. The predicted molar refractivity (Wildman–Crippen MR) is 56.8 cm³/mol. The van der Waals surface area contributed by atoms with E-state index in [0.717, 1.165) is 0 Å². The van der Waals surface area contributed by atoms with E-state index < -0.39 is 0 Å². The van der Waals surface area contributed by atoms with E-state index in [-0.39, 0.29) is 0 Å². The second-order valence-electron chi connectivity index (χ2n) is 4.54. The molecule has 0 saturated carbocycles. The zero-order valence-electron chi connectivity index (χ0n) is 8.58. The summed E-state index contributed by atoms with van der Waals surface area (Å²) in [6.07, 6.45) is 11.0. The Hall–Kier alpha value is -0.380. The van der Waals surface area contributed by atoms with E-state index in [4.69, 9.17) is 0 Å². The molecule has 3 heterocycles. The van der Waals surface area contributed by atoms with Crippen molar-refractivity contribution in [3.05, 3.63) is 12.2 Å². The van der Waals surface area contributed by atoms with Crippen molar-refractivity contribution in [3.63, 3.8) is 0 Å². The summed E-state index contributed by atoms with van der Waals surface area (Å²) in [6, 6.07) is 0.682. The lowest BCUT2D eigenvalue weighted by Crippen LogP contribution is -2.66. The molecule has 0 aromatic rings. The van der Waals surface area contributed by atoms with Gasteiger partial charge in [0.05, 0.1) is 12.3 Å². The quantitative estimate of drug-likeness (QED) is 0.553. The zero-order chi connectivity index (χ0) is 9.38. The molecule has 2 N–H and O–H groups in total. The number of allylic oxidation sites excluding steroid dienone is 1. The number of nitrogens with zero attached hydrogens (tertiary/aromatic N) is 1. The van der Waals surface area contributed by atoms with Crippen molar-refractivity contribution in [2.75, 3.05) is 13.1 Å². The fourth-order valence-electron chi connectivity index (χ4n) is 3.03. The molecule has 0 bridgehead atoms. The maximum Gasteiger partial charge on any atom is 0.0628 e. The van der Waals surface area contributed by atoms with E-state index in [9.17, 15) is 0 Å². The summed E-state index contributed by atoms with van der Waals surface area (Å²) >= 11 is 0. The highest BCUT2D eigenvalue weighted by Gasteiger charge is 2.37. The molecule has 78 valence electrons. The van der Waals surface area contributed by atoms with E-state index >= 15 is 0 Å². The van der Waals surface area contributed by atoms with Gasteiger partial charge in [0, 0.05) is 6.04 Å². The minimum absolute atomic E-state index is 0.613. The average molecular weight is 193 g/mol. The summed E-state index contributed by atoms with van der Waals surface area (Å²) in [5, 5.41) is 7.26. The van der Waals surface area contributed by atoms with Crippen LogP contribution in [0.2, 0.25) is 0 Å². The molecular formula is C11H19N3. The molecule has 2 fully saturated rings. The summed E-state index contributed by atoms with van der Waals surface area (Å²) in [5.41, 5.74) is 0. The van der Waals surface area contributed by atoms with Crippen molar-refractivity contribution in [1.29, 1.82) is 0 Å². The van der Waals surface area contributed by atoms with E-state index in [1.807, 2.05) is 0 Å². The molecule has 3 unspecified atom stereocenters. The van der Waals surface area contributed by atoms with Gasteiger partial charge in [-0.25, -0.2) is 0 Å². The Bertz CT molecular complexity index is 237.